The molecule has 0 saturated carbocycles. The molecule has 0 bridgehead atoms. The Kier molecular flexibility index (Phi) is 6.47. The van der Waals surface area contributed by atoms with Gasteiger partial charge in [0.2, 0.25) is 0 Å². The van der Waals surface area contributed by atoms with Crippen LogP contribution >= 0.6 is 0 Å². The molecule has 1 aromatic carbocycles. The number of benzene rings is 1. The molecule has 0 fully saturated rings. The van der Waals surface area contributed by atoms with Gasteiger partial charge in [-0.05, 0) is 29.8 Å². The van der Waals surface area contributed by atoms with Crippen LogP contribution in [0.25, 0.3) is 6.08 Å². The maximum atomic E-state index is 10.4. The van der Waals surface area contributed by atoms with Crippen molar-refractivity contribution in [2.75, 3.05) is 13.4 Å². The molecule has 0 unspecified atom stereocenters. The van der Waals surface area contributed by atoms with Crippen molar-refractivity contribution < 1.29 is 19.4 Å². The number of ether oxygens (including phenoxy) is 2. The highest BCUT2D eigenvalue weighted by Gasteiger charge is 2.11. The van der Waals surface area contributed by atoms with Gasteiger partial charge in [-0.25, -0.2) is 4.79 Å². The normalized spacial score (nSPS) is 11.8. The van der Waals surface area contributed by atoms with Crippen LogP contribution in [0.3, 0.4) is 0 Å². The fourth-order valence-corrected chi connectivity index (χ4v) is 2.15. The number of carbonyl (C=O) groups is 1. The lowest BCUT2D eigenvalue weighted by Gasteiger charge is -2.15. The number of hydrogen-bond donors (Lipinski definition) is 1. The monoisotopic (exact) mass is 294 g/mol. The van der Waals surface area contributed by atoms with Gasteiger partial charge in [0.1, 0.15) is 5.75 Å². The second kappa shape index (κ2) is 7.87. The Morgan fingerprint density at radius 2 is 1.90 bits per heavy atom. The average molecular weight is 294 g/mol. The van der Waals surface area contributed by atoms with Crippen molar-refractivity contribution in [1.82, 2.24) is 0 Å². The van der Waals surface area contributed by atoms with Crippen molar-refractivity contribution in [3.8, 4) is 5.75 Å². The molecule has 0 aliphatic carbocycles. The van der Waals surface area contributed by atoms with Crippen molar-refractivity contribution in [2.24, 2.45) is 0 Å². The van der Waals surface area contributed by atoms with Crippen LogP contribution in [0.2, 0.25) is 25.7 Å². The van der Waals surface area contributed by atoms with Crippen molar-refractivity contribution in [1.29, 1.82) is 0 Å². The molecule has 0 amide bonds. The van der Waals surface area contributed by atoms with Gasteiger partial charge in [0.15, 0.2) is 6.79 Å². The maximum absolute atomic E-state index is 10.4. The first-order valence-corrected chi connectivity index (χ1v) is 10.3. The summed E-state index contributed by atoms with van der Waals surface area (Å²) in [4.78, 5) is 10.4. The van der Waals surface area contributed by atoms with Crippen LogP contribution in [0.15, 0.2) is 30.3 Å². The first-order valence-electron chi connectivity index (χ1n) is 6.58. The molecule has 5 heteroatoms. The first-order chi connectivity index (χ1) is 9.37. The zero-order chi connectivity index (χ0) is 15.0. The molecule has 1 rings (SSSR count). The smallest absolute Gasteiger partial charge is 0.328 e. The van der Waals surface area contributed by atoms with Crippen molar-refractivity contribution >= 4 is 20.1 Å². The van der Waals surface area contributed by atoms with Crippen LogP contribution in [0.4, 0.5) is 0 Å². The van der Waals surface area contributed by atoms with Crippen LogP contribution in [-0.2, 0) is 9.53 Å². The standard InChI is InChI=1S/C15H22O4Si/c1-20(2,3)11-10-18-12-19-14-7-4-13(5-8-14)6-9-15(16)17/h4-9H,10-12H2,1-3H3,(H,16,17)/b9-6+. The Bertz CT molecular complexity index is 446. The Balaban J connectivity index is 2.30. The van der Waals surface area contributed by atoms with E-state index in [4.69, 9.17) is 14.6 Å². The van der Waals surface area contributed by atoms with Crippen LogP contribution in [0.5, 0.6) is 5.75 Å². The molecule has 0 radical (unpaired) electrons. The highest BCUT2D eigenvalue weighted by Crippen LogP contribution is 2.13. The van der Waals surface area contributed by atoms with Crippen molar-refractivity contribution in [3.05, 3.63) is 35.9 Å². The van der Waals surface area contributed by atoms with Gasteiger partial charge >= 0.3 is 5.97 Å². The van der Waals surface area contributed by atoms with Gasteiger partial charge in [0.25, 0.3) is 0 Å². The molecule has 0 saturated heterocycles. The Morgan fingerprint density at radius 1 is 1.25 bits per heavy atom. The number of hydrogen-bond acceptors (Lipinski definition) is 3. The Labute approximate surface area is 121 Å². The van der Waals surface area contributed by atoms with Gasteiger partial charge in [-0.1, -0.05) is 31.8 Å². The summed E-state index contributed by atoms with van der Waals surface area (Å²) in [6.07, 6.45) is 2.64. The maximum Gasteiger partial charge on any atom is 0.328 e. The zero-order valence-electron chi connectivity index (χ0n) is 12.3. The van der Waals surface area contributed by atoms with Gasteiger partial charge < -0.3 is 14.6 Å². The third kappa shape index (κ3) is 7.76. The molecule has 1 N–H and O–H groups in total. The lowest BCUT2D eigenvalue weighted by molar-refractivity contribution is -0.131. The van der Waals surface area contributed by atoms with Gasteiger partial charge in [0, 0.05) is 20.8 Å². The third-order valence-electron chi connectivity index (χ3n) is 2.60. The summed E-state index contributed by atoms with van der Waals surface area (Å²) >= 11 is 0. The summed E-state index contributed by atoms with van der Waals surface area (Å²) in [6.45, 7) is 7.89. The molecule has 1 aromatic rings. The summed E-state index contributed by atoms with van der Waals surface area (Å²) in [5.41, 5.74) is 0.819. The molecule has 4 nitrogen and oxygen atoms in total. The summed E-state index contributed by atoms with van der Waals surface area (Å²) < 4.78 is 10.9. The topological polar surface area (TPSA) is 55.8 Å². The molecular weight excluding hydrogens is 272 g/mol. The average Bonchev–Trinajstić information content (AvgIpc) is 2.36. The van der Waals surface area contributed by atoms with Crippen LogP contribution in [0, 0.1) is 0 Å². The van der Waals surface area contributed by atoms with E-state index >= 15 is 0 Å². The quantitative estimate of drug-likeness (QED) is 0.345. The SMILES string of the molecule is C[Si](C)(C)CCOCOc1ccc(/C=C/C(=O)O)cc1. The Morgan fingerprint density at radius 3 is 2.45 bits per heavy atom. The molecule has 0 aliphatic rings. The van der Waals surface area contributed by atoms with E-state index in [1.807, 2.05) is 0 Å². The van der Waals surface area contributed by atoms with E-state index in [-0.39, 0.29) is 6.79 Å². The van der Waals surface area contributed by atoms with Gasteiger partial charge in [0.05, 0.1) is 0 Å². The largest absolute Gasteiger partial charge is 0.478 e. The minimum absolute atomic E-state index is 0.245. The van der Waals surface area contributed by atoms with E-state index in [2.05, 4.69) is 19.6 Å². The summed E-state index contributed by atoms with van der Waals surface area (Å²) in [7, 11) is -1.05. The fourth-order valence-electron chi connectivity index (χ4n) is 1.39. The van der Waals surface area contributed by atoms with Crippen LogP contribution < -0.4 is 4.74 Å². The van der Waals surface area contributed by atoms with E-state index in [0.717, 1.165) is 24.3 Å². The Hall–Kier alpha value is -1.59. The lowest BCUT2D eigenvalue weighted by Crippen LogP contribution is -2.22. The predicted molar refractivity (Wildman–Crippen MR) is 82.7 cm³/mol. The number of aliphatic carboxylic acids is 1. The second-order valence-corrected chi connectivity index (χ2v) is 11.3. The highest BCUT2D eigenvalue weighted by molar-refractivity contribution is 6.76. The molecule has 0 atom stereocenters. The molecule has 20 heavy (non-hydrogen) atoms. The highest BCUT2D eigenvalue weighted by atomic mass is 28.3. The second-order valence-electron chi connectivity index (χ2n) is 5.72. The van der Waals surface area contributed by atoms with Gasteiger partial charge in [-0.2, -0.15) is 0 Å². The fraction of sp³-hybridized carbons (Fsp3) is 0.400. The zero-order valence-corrected chi connectivity index (χ0v) is 13.3. The van der Waals surface area contributed by atoms with Crippen molar-refractivity contribution in [2.45, 2.75) is 25.7 Å². The minimum Gasteiger partial charge on any atom is -0.478 e. The minimum atomic E-state index is -1.05. The molecule has 0 aromatic heterocycles. The number of carboxylic acid groups (broad SMARTS) is 1. The van der Waals surface area contributed by atoms with Gasteiger partial charge in [-0.3, -0.25) is 0 Å². The molecule has 0 aliphatic heterocycles. The predicted octanol–water partition coefficient (Wildman–Crippen LogP) is 3.48. The van der Waals surface area contributed by atoms with E-state index in [0.29, 0.717) is 5.75 Å². The first kappa shape index (κ1) is 16.5. The molecule has 110 valence electrons. The van der Waals surface area contributed by atoms with E-state index in [1.165, 1.54) is 6.08 Å². The van der Waals surface area contributed by atoms with E-state index in [1.54, 1.807) is 24.3 Å². The van der Waals surface area contributed by atoms with Gasteiger partial charge in [-0.15, -0.1) is 0 Å². The van der Waals surface area contributed by atoms with E-state index in [9.17, 15) is 4.79 Å². The third-order valence-corrected chi connectivity index (χ3v) is 4.31. The summed E-state index contributed by atoms with van der Waals surface area (Å²) in [5, 5.41) is 8.53. The molecule has 0 spiro atoms. The lowest BCUT2D eigenvalue weighted by atomic mass is 10.2. The van der Waals surface area contributed by atoms with E-state index < -0.39 is 14.0 Å². The summed E-state index contributed by atoms with van der Waals surface area (Å²) in [5.74, 6) is -0.244. The molecule has 0 heterocycles. The molecular formula is C15H22O4Si. The summed E-state index contributed by atoms with van der Waals surface area (Å²) in [6, 6.07) is 8.32. The van der Waals surface area contributed by atoms with Crippen LogP contribution in [0.1, 0.15) is 5.56 Å². The van der Waals surface area contributed by atoms with Crippen molar-refractivity contribution in [3.63, 3.8) is 0 Å². The number of carboxylic acids is 1. The van der Waals surface area contributed by atoms with Crippen LogP contribution in [-0.4, -0.2) is 32.5 Å². The number of rotatable bonds is 8.